The first-order valence-electron chi connectivity index (χ1n) is 12.5. The van der Waals surface area contributed by atoms with Crippen LogP contribution >= 0.6 is 0 Å². The van der Waals surface area contributed by atoms with E-state index >= 15 is 0 Å². The second-order valence-electron chi connectivity index (χ2n) is 9.57. The molecular formula is C26H30N6O4. The minimum absolute atomic E-state index is 0.0633. The molecule has 4 heterocycles. The molecule has 3 aliphatic rings. The molecule has 0 spiro atoms. The lowest BCUT2D eigenvalue weighted by Crippen LogP contribution is -2.45. The highest BCUT2D eigenvalue weighted by Gasteiger charge is 2.50. The van der Waals surface area contributed by atoms with Crippen LogP contribution in [0.1, 0.15) is 24.4 Å². The standard InChI is InChI=1S/C26H30N6O4/c33-23(17-34-20-9-2-1-3-10-20)27-21-15-35-25-22(16-36-24(21)25)32-26(28-29-30-32)19-8-6-7-18(13-19)14-31-11-4-5-12-31/h1-3,6-10,13,21-22,24-25H,4-5,11-12,14-17H2,(H,27,33)/t21-,22+,24-,25+/m1/s1. The number of nitrogens with one attached hydrogen (secondary N) is 1. The molecule has 36 heavy (non-hydrogen) atoms. The van der Waals surface area contributed by atoms with E-state index in [4.69, 9.17) is 14.2 Å². The number of tetrazole rings is 1. The Morgan fingerprint density at radius 1 is 1.03 bits per heavy atom. The summed E-state index contributed by atoms with van der Waals surface area (Å²) in [7, 11) is 0. The number of aromatic nitrogens is 4. The summed E-state index contributed by atoms with van der Waals surface area (Å²) in [5, 5.41) is 15.6. The summed E-state index contributed by atoms with van der Waals surface area (Å²) in [6, 6.07) is 17.3. The number of hydrogen-bond donors (Lipinski definition) is 1. The van der Waals surface area contributed by atoms with Gasteiger partial charge in [-0.15, -0.1) is 5.10 Å². The number of carbonyl (C=O) groups is 1. The van der Waals surface area contributed by atoms with Crippen molar-refractivity contribution in [2.75, 3.05) is 32.9 Å². The predicted molar refractivity (Wildman–Crippen MR) is 130 cm³/mol. The largest absolute Gasteiger partial charge is 0.484 e. The molecule has 0 radical (unpaired) electrons. The van der Waals surface area contributed by atoms with E-state index in [2.05, 4.69) is 43.9 Å². The van der Waals surface area contributed by atoms with Gasteiger partial charge in [-0.2, -0.15) is 0 Å². The summed E-state index contributed by atoms with van der Waals surface area (Å²) in [4.78, 5) is 15.0. The van der Waals surface area contributed by atoms with E-state index in [9.17, 15) is 4.79 Å². The zero-order valence-electron chi connectivity index (χ0n) is 20.0. The summed E-state index contributed by atoms with van der Waals surface area (Å²) < 4.78 is 19.5. The molecule has 2 aromatic carbocycles. The van der Waals surface area contributed by atoms with Gasteiger partial charge in [0.15, 0.2) is 12.4 Å². The van der Waals surface area contributed by atoms with E-state index in [-0.39, 0.29) is 36.8 Å². The maximum absolute atomic E-state index is 12.5. The van der Waals surface area contributed by atoms with E-state index in [1.807, 2.05) is 41.1 Å². The summed E-state index contributed by atoms with van der Waals surface area (Å²) in [5.74, 6) is 1.14. The summed E-state index contributed by atoms with van der Waals surface area (Å²) >= 11 is 0. The molecule has 0 bridgehead atoms. The molecule has 6 rings (SSSR count). The van der Waals surface area contributed by atoms with Crippen molar-refractivity contribution in [2.45, 2.75) is 43.7 Å². The van der Waals surface area contributed by atoms with E-state index < -0.39 is 0 Å². The molecule has 3 aliphatic heterocycles. The first kappa shape index (κ1) is 23.1. The molecular weight excluding hydrogens is 460 g/mol. The van der Waals surface area contributed by atoms with Crippen LogP contribution in [0.3, 0.4) is 0 Å². The molecule has 1 amide bonds. The van der Waals surface area contributed by atoms with Gasteiger partial charge in [0.2, 0.25) is 0 Å². The van der Waals surface area contributed by atoms with Crippen molar-refractivity contribution < 1.29 is 19.0 Å². The van der Waals surface area contributed by atoms with Crippen LogP contribution in [-0.4, -0.2) is 82.2 Å². The number of fused-ring (bicyclic) bond motifs is 1. The number of carbonyl (C=O) groups excluding carboxylic acids is 1. The maximum Gasteiger partial charge on any atom is 0.258 e. The molecule has 10 heteroatoms. The van der Waals surface area contributed by atoms with Gasteiger partial charge in [-0.3, -0.25) is 9.69 Å². The molecule has 4 atom stereocenters. The van der Waals surface area contributed by atoms with Crippen molar-refractivity contribution in [3.8, 4) is 17.1 Å². The lowest BCUT2D eigenvalue weighted by Gasteiger charge is -2.18. The van der Waals surface area contributed by atoms with Crippen molar-refractivity contribution in [2.24, 2.45) is 0 Å². The Balaban J connectivity index is 1.10. The molecule has 0 unspecified atom stereocenters. The highest BCUT2D eigenvalue weighted by atomic mass is 16.6. The van der Waals surface area contributed by atoms with E-state index in [1.54, 1.807) is 0 Å². The Bertz CT molecular complexity index is 1180. The van der Waals surface area contributed by atoms with Gasteiger partial charge < -0.3 is 19.5 Å². The fourth-order valence-corrected chi connectivity index (χ4v) is 5.34. The molecule has 1 N–H and O–H groups in total. The topological polar surface area (TPSA) is 104 Å². The molecule has 188 valence electrons. The normalized spacial score (nSPS) is 25.7. The first-order valence-corrected chi connectivity index (χ1v) is 12.5. The summed E-state index contributed by atoms with van der Waals surface area (Å²) in [6.07, 6.45) is 2.02. The van der Waals surface area contributed by atoms with Crippen LogP contribution in [0.25, 0.3) is 11.4 Å². The van der Waals surface area contributed by atoms with Gasteiger partial charge in [0.25, 0.3) is 5.91 Å². The molecule has 1 aromatic heterocycles. The van der Waals surface area contributed by atoms with Gasteiger partial charge in [-0.25, -0.2) is 4.68 Å². The van der Waals surface area contributed by atoms with Crippen molar-refractivity contribution in [3.63, 3.8) is 0 Å². The fourth-order valence-electron chi connectivity index (χ4n) is 5.34. The molecule has 0 aliphatic carbocycles. The second-order valence-corrected chi connectivity index (χ2v) is 9.57. The lowest BCUT2D eigenvalue weighted by molar-refractivity contribution is -0.124. The van der Waals surface area contributed by atoms with Gasteiger partial charge in [0.1, 0.15) is 24.0 Å². The van der Waals surface area contributed by atoms with Gasteiger partial charge in [-0.1, -0.05) is 36.4 Å². The highest BCUT2D eigenvalue weighted by Crippen LogP contribution is 2.35. The number of ether oxygens (including phenoxy) is 3. The quantitative estimate of drug-likeness (QED) is 0.510. The summed E-state index contributed by atoms with van der Waals surface area (Å²) in [5.41, 5.74) is 2.23. The number of amides is 1. The average molecular weight is 491 g/mol. The highest BCUT2D eigenvalue weighted by molar-refractivity contribution is 5.78. The van der Waals surface area contributed by atoms with E-state index in [0.717, 1.165) is 25.2 Å². The Hall–Kier alpha value is -3.34. The van der Waals surface area contributed by atoms with Crippen LogP contribution in [0.4, 0.5) is 0 Å². The monoisotopic (exact) mass is 490 g/mol. The third-order valence-electron chi connectivity index (χ3n) is 7.08. The Kier molecular flexibility index (Phi) is 6.63. The summed E-state index contributed by atoms with van der Waals surface area (Å²) in [6.45, 7) is 3.95. The lowest BCUT2D eigenvalue weighted by atomic mass is 10.1. The van der Waals surface area contributed by atoms with Crippen molar-refractivity contribution in [1.82, 2.24) is 30.4 Å². The maximum atomic E-state index is 12.5. The van der Waals surface area contributed by atoms with Crippen LogP contribution in [0.15, 0.2) is 54.6 Å². The van der Waals surface area contributed by atoms with E-state index in [1.165, 1.54) is 18.4 Å². The minimum atomic E-state index is -0.269. The smallest absolute Gasteiger partial charge is 0.258 e. The Morgan fingerprint density at radius 3 is 2.72 bits per heavy atom. The Morgan fingerprint density at radius 2 is 1.86 bits per heavy atom. The van der Waals surface area contributed by atoms with Gasteiger partial charge >= 0.3 is 0 Å². The molecule has 3 fully saturated rings. The van der Waals surface area contributed by atoms with Crippen LogP contribution in [0, 0.1) is 0 Å². The molecule has 3 aromatic rings. The van der Waals surface area contributed by atoms with Crippen molar-refractivity contribution >= 4 is 5.91 Å². The number of rotatable bonds is 8. The zero-order valence-corrected chi connectivity index (χ0v) is 20.0. The third-order valence-corrected chi connectivity index (χ3v) is 7.08. The molecule has 3 saturated heterocycles. The zero-order chi connectivity index (χ0) is 24.3. The van der Waals surface area contributed by atoms with Crippen LogP contribution in [-0.2, 0) is 20.8 Å². The number of benzene rings is 2. The number of likely N-dealkylation sites (tertiary alicyclic amines) is 1. The van der Waals surface area contributed by atoms with Gasteiger partial charge in [0.05, 0.1) is 19.3 Å². The Labute approximate surface area is 209 Å². The first-order chi connectivity index (χ1) is 17.7. The molecule has 10 nitrogen and oxygen atoms in total. The minimum Gasteiger partial charge on any atom is -0.484 e. The average Bonchev–Trinajstić information content (AvgIpc) is 3.70. The van der Waals surface area contributed by atoms with Crippen LogP contribution < -0.4 is 10.1 Å². The fraction of sp³-hybridized carbons (Fsp3) is 0.462. The van der Waals surface area contributed by atoms with Crippen LogP contribution in [0.2, 0.25) is 0 Å². The SMILES string of the molecule is O=C(COc1ccccc1)N[C@@H]1CO[C@@H]2[C@@H]1OC[C@@H]2n1nnnc1-c1cccc(CN2CCCC2)c1. The van der Waals surface area contributed by atoms with Gasteiger partial charge in [0, 0.05) is 12.1 Å². The van der Waals surface area contributed by atoms with Gasteiger partial charge in [-0.05, 0) is 60.1 Å². The third kappa shape index (κ3) is 4.84. The van der Waals surface area contributed by atoms with E-state index in [0.29, 0.717) is 24.8 Å². The number of hydrogen-bond acceptors (Lipinski definition) is 8. The van der Waals surface area contributed by atoms with Crippen molar-refractivity contribution in [3.05, 3.63) is 60.2 Å². The molecule has 0 saturated carbocycles. The number of nitrogens with zero attached hydrogens (tertiary/aromatic N) is 5. The van der Waals surface area contributed by atoms with Crippen LogP contribution in [0.5, 0.6) is 5.75 Å². The van der Waals surface area contributed by atoms with Crippen molar-refractivity contribution in [1.29, 1.82) is 0 Å². The number of para-hydroxylation sites is 1. The predicted octanol–water partition coefficient (Wildman–Crippen LogP) is 1.84. The second kappa shape index (κ2) is 10.3.